The average Bonchev–Trinajstić information content (AvgIpc) is 2.80. The highest BCUT2D eigenvalue weighted by Crippen LogP contribution is 2.30. The maximum Gasteiger partial charge on any atom is 0.251 e. The molecule has 10 heteroatoms. The molecule has 1 heterocycles. The molecule has 1 N–H and O–H groups in total. The molecule has 32 heavy (non-hydrogen) atoms. The van der Waals surface area contributed by atoms with Crippen LogP contribution >= 0.6 is 23.2 Å². The second-order valence-electron chi connectivity index (χ2n) is 7.72. The van der Waals surface area contributed by atoms with Gasteiger partial charge in [0.25, 0.3) is 5.91 Å². The Hall–Kier alpha value is -2.13. The van der Waals surface area contributed by atoms with Crippen molar-refractivity contribution >= 4 is 45.0 Å². The number of hydrogen-bond donors (Lipinski definition) is 1. The van der Waals surface area contributed by atoms with Gasteiger partial charge in [0.1, 0.15) is 4.90 Å². The average molecular weight is 498 g/mol. The van der Waals surface area contributed by atoms with Crippen LogP contribution < -0.4 is 5.32 Å². The van der Waals surface area contributed by atoms with E-state index in [9.17, 15) is 18.0 Å². The van der Waals surface area contributed by atoms with Crippen molar-refractivity contribution in [2.45, 2.75) is 24.3 Å². The van der Waals surface area contributed by atoms with Crippen LogP contribution in [0.4, 0.5) is 0 Å². The molecule has 1 fully saturated rings. The molecule has 2 aromatic rings. The van der Waals surface area contributed by atoms with Crippen molar-refractivity contribution in [2.75, 3.05) is 27.2 Å². The Morgan fingerprint density at radius 3 is 2.31 bits per heavy atom. The summed E-state index contributed by atoms with van der Waals surface area (Å²) >= 11 is 12.0. The third-order valence-electron chi connectivity index (χ3n) is 5.55. The molecule has 1 aliphatic rings. The first-order valence-electron chi connectivity index (χ1n) is 10.1. The van der Waals surface area contributed by atoms with Crippen molar-refractivity contribution in [2.24, 2.45) is 5.92 Å². The van der Waals surface area contributed by atoms with Crippen molar-refractivity contribution in [1.82, 2.24) is 14.5 Å². The first kappa shape index (κ1) is 24.5. The van der Waals surface area contributed by atoms with E-state index in [2.05, 4.69) is 5.32 Å². The van der Waals surface area contributed by atoms with Crippen LogP contribution in [0.5, 0.6) is 0 Å². The number of piperidine rings is 1. The lowest BCUT2D eigenvalue weighted by Gasteiger charge is -2.32. The van der Waals surface area contributed by atoms with Gasteiger partial charge >= 0.3 is 0 Å². The molecule has 1 aliphatic heterocycles. The largest absolute Gasteiger partial charge is 0.355 e. The van der Waals surface area contributed by atoms with Crippen LogP contribution in [0.2, 0.25) is 10.0 Å². The molecule has 0 spiro atoms. The van der Waals surface area contributed by atoms with Gasteiger partial charge in [-0.1, -0.05) is 35.3 Å². The zero-order valence-electron chi connectivity index (χ0n) is 17.8. The van der Waals surface area contributed by atoms with Gasteiger partial charge < -0.3 is 10.2 Å². The molecule has 7 nitrogen and oxygen atoms in total. The zero-order valence-corrected chi connectivity index (χ0v) is 20.2. The minimum atomic E-state index is -3.79. The fourth-order valence-electron chi connectivity index (χ4n) is 3.73. The monoisotopic (exact) mass is 497 g/mol. The van der Waals surface area contributed by atoms with E-state index in [0.717, 1.165) is 5.56 Å². The predicted molar refractivity (Wildman–Crippen MR) is 124 cm³/mol. The number of benzene rings is 2. The highest BCUT2D eigenvalue weighted by atomic mass is 35.5. The number of amides is 2. The van der Waals surface area contributed by atoms with E-state index in [-0.39, 0.29) is 40.7 Å². The van der Waals surface area contributed by atoms with Gasteiger partial charge in [-0.25, -0.2) is 8.42 Å². The Bertz CT molecular complexity index is 1100. The summed E-state index contributed by atoms with van der Waals surface area (Å²) in [6.45, 7) is 0.871. The van der Waals surface area contributed by atoms with Crippen molar-refractivity contribution in [3.05, 3.63) is 63.6 Å². The zero-order chi connectivity index (χ0) is 23.5. The summed E-state index contributed by atoms with van der Waals surface area (Å²) in [6.07, 6.45) is 0.854. The summed E-state index contributed by atoms with van der Waals surface area (Å²) < 4.78 is 27.3. The quantitative estimate of drug-likeness (QED) is 0.662. The summed E-state index contributed by atoms with van der Waals surface area (Å²) in [7, 11) is -0.489. The SMILES string of the molecule is CNC(=O)c1ccc(CN(C)C(=O)C2CCN(S(=O)(=O)c3cc(Cl)ccc3Cl)CC2)cc1. The van der Waals surface area contributed by atoms with Gasteiger partial charge in [-0.15, -0.1) is 0 Å². The summed E-state index contributed by atoms with van der Waals surface area (Å²) in [4.78, 5) is 26.2. The van der Waals surface area contributed by atoms with E-state index in [0.29, 0.717) is 30.0 Å². The molecule has 0 aromatic heterocycles. The number of halogens is 2. The van der Waals surface area contributed by atoms with Crippen molar-refractivity contribution in [3.8, 4) is 0 Å². The number of rotatable bonds is 6. The summed E-state index contributed by atoms with van der Waals surface area (Å²) in [5, 5.41) is 2.98. The van der Waals surface area contributed by atoms with E-state index in [1.165, 1.54) is 22.5 Å². The van der Waals surface area contributed by atoms with Gasteiger partial charge in [0, 0.05) is 50.2 Å². The Balaban J connectivity index is 1.60. The van der Waals surface area contributed by atoms with Crippen molar-refractivity contribution < 1.29 is 18.0 Å². The highest BCUT2D eigenvalue weighted by molar-refractivity contribution is 7.89. The molecule has 1 saturated heterocycles. The molecule has 2 aromatic carbocycles. The Kier molecular flexibility index (Phi) is 7.82. The van der Waals surface area contributed by atoms with Crippen molar-refractivity contribution in [1.29, 1.82) is 0 Å². The van der Waals surface area contributed by atoms with Gasteiger partial charge in [-0.2, -0.15) is 4.31 Å². The Morgan fingerprint density at radius 2 is 1.72 bits per heavy atom. The normalized spacial score (nSPS) is 15.4. The molecule has 0 radical (unpaired) electrons. The molecule has 0 saturated carbocycles. The predicted octanol–water partition coefficient (Wildman–Crippen LogP) is 3.41. The van der Waals surface area contributed by atoms with E-state index < -0.39 is 10.0 Å². The van der Waals surface area contributed by atoms with E-state index in [1.54, 1.807) is 31.1 Å². The minimum absolute atomic E-state index is 0.0197. The molecular formula is C22H25Cl2N3O4S. The summed E-state index contributed by atoms with van der Waals surface area (Å²) in [5.74, 6) is -0.452. The number of nitrogens with one attached hydrogen (secondary N) is 1. The summed E-state index contributed by atoms with van der Waals surface area (Å²) in [6, 6.07) is 11.4. The van der Waals surface area contributed by atoms with Crippen LogP contribution in [0.25, 0.3) is 0 Å². The number of sulfonamides is 1. The first-order valence-corrected chi connectivity index (χ1v) is 12.3. The van der Waals surface area contributed by atoms with Gasteiger partial charge in [0.15, 0.2) is 0 Å². The van der Waals surface area contributed by atoms with Gasteiger partial charge in [0.2, 0.25) is 15.9 Å². The van der Waals surface area contributed by atoms with Crippen LogP contribution in [-0.4, -0.2) is 56.6 Å². The fourth-order valence-corrected chi connectivity index (χ4v) is 5.93. The number of nitrogens with zero attached hydrogens (tertiary/aromatic N) is 2. The lowest BCUT2D eigenvalue weighted by atomic mass is 9.96. The van der Waals surface area contributed by atoms with E-state index >= 15 is 0 Å². The van der Waals surface area contributed by atoms with Crippen LogP contribution in [0.1, 0.15) is 28.8 Å². The third kappa shape index (κ3) is 5.43. The summed E-state index contributed by atoms with van der Waals surface area (Å²) in [5.41, 5.74) is 1.46. The maximum atomic E-state index is 13.0. The van der Waals surface area contributed by atoms with Crippen LogP contribution in [0.15, 0.2) is 47.4 Å². The van der Waals surface area contributed by atoms with E-state index in [1.807, 2.05) is 12.1 Å². The topological polar surface area (TPSA) is 86.8 Å². The van der Waals surface area contributed by atoms with Crippen LogP contribution in [0, 0.1) is 5.92 Å². The number of hydrogen-bond acceptors (Lipinski definition) is 4. The van der Waals surface area contributed by atoms with E-state index in [4.69, 9.17) is 23.2 Å². The van der Waals surface area contributed by atoms with Gasteiger partial charge in [-0.05, 0) is 48.7 Å². The molecule has 0 bridgehead atoms. The molecule has 0 aliphatic carbocycles. The molecule has 3 rings (SSSR count). The third-order valence-corrected chi connectivity index (χ3v) is 8.17. The van der Waals surface area contributed by atoms with Crippen molar-refractivity contribution in [3.63, 3.8) is 0 Å². The standard InChI is InChI=1S/C22H25Cl2N3O4S/c1-25-21(28)16-5-3-15(4-6-16)14-26(2)22(29)17-9-11-27(12-10-17)32(30,31)20-13-18(23)7-8-19(20)24/h3-8,13,17H,9-12,14H2,1-2H3,(H,25,28). The fraction of sp³-hybridized carbons (Fsp3) is 0.364. The lowest BCUT2D eigenvalue weighted by Crippen LogP contribution is -2.43. The second kappa shape index (κ2) is 10.2. The molecule has 0 unspecified atom stereocenters. The maximum absolute atomic E-state index is 13.0. The van der Waals surface area contributed by atoms with Crippen LogP contribution in [-0.2, 0) is 21.4 Å². The van der Waals surface area contributed by atoms with Crippen LogP contribution in [0.3, 0.4) is 0 Å². The Morgan fingerprint density at radius 1 is 1.09 bits per heavy atom. The first-order chi connectivity index (χ1) is 15.1. The van der Waals surface area contributed by atoms with Gasteiger partial charge in [-0.3, -0.25) is 9.59 Å². The molecule has 0 atom stereocenters. The van der Waals surface area contributed by atoms with Gasteiger partial charge in [0.05, 0.1) is 5.02 Å². The molecule has 172 valence electrons. The smallest absolute Gasteiger partial charge is 0.251 e. The number of carbonyl (C=O) groups excluding carboxylic acids is 2. The highest BCUT2D eigenvalue weighted by Gasteiger charge is 2.34. The second-order valence-corrected chi connectivity index (χ2v) is 10.5. The molecular weight excluding hydrogens is 473 g/mol. The number of carbonyl (C=O) groups is 2. The lowest BCUT2D eigenvalue weighted by molar-refractivity contribution is -0.135. The molecule has 2 amide bonds. The minimum Gasteiger partial charge on any atom is -0.355 e. The Labute approximate surface area is 198 Å².